The van der Waals surface area contributed by atoms with Crippen LogP contribution in [-0.2, 0) is 6.54 Å². The van der Waals surface area contributed by atoms with Crippen molar-refractivity contribution in [3.05, 3.63) is 41.8 Å². The van der Waals surface area contributed by atoms with Crippen LogP contribution in [0.15, 0.2) is 30.5 Å². The number of urea groups is 1. The predicted octanol–water partition coefficient (Wildman–Crippen LogP) is 2.36. The number of piperidine rings is 1. The number of nitrogens with one attached hydrogen (secondary N) is 1. The van der Waals surface area contributed by atoms with Crippen molar-refractivity contribution in [3.8, 4) is 0 Å². The van der Waals surface area contributed by atoms with E-state index in [1.807, 2.05) is 17.0 Å². The van der Waals surface area contributed by atoms with Gasteiger partial charge in [-0.1, -0.05) is 6.07 Å². The van der Waals surface area contributed by atoms with Crippen LogP contribution in [0.1, 0.15) is 18.4 Å². The van der Waals surface area contributed by atoms with Crippen molar-refractivity contribution in [2.24, 2.45) is 0 Å². The minimum Gasteiger partial charge on any atom is -0.336 e. The molecule has 1 aromatic carbocycles. The van der Waals surface area contributed by atoms with E-state index < -0.39 is 0 Å². The SMILES string of the molecule is O=C1NCCN1C1CCCN(Cc2cc(F)cc3cccnc23)C1. The lowest BCUT2D eigenvalue weighted by molar-refractivity contribution is 0.122. The number of hydrogen-bond acceptors (Lipinski definition) is 3. The Labute approximate surface area is 140 Å². The average molecular weight is 328 g/mol. The van der Waals surface area contributed by atoms with E-state index in [4.69, 9.17) is 0 Å². The zero-order valence-electron chi connectivity index (χ0n) is 13.5. The van der Waals surface area contributed by atoms with Crippen molar-refractivity contribution >= 4 is 16.9 Å². The number of rotatable bonds is 3. The van der Waals surface area contributed by atoms with Gasteiger partial charge in [-0.2, -0.15) is 0 Å². The number of likely N-dealkylation sites (tertiary alicyclic amines) is 1. The van der Waals surface area contributed by atoms with Crippen LogP contribution in [-0.4, -0.2) is 53.0 Å². The van der Waals surface area contributed by atoms with Crippen molar-refractivity contribution in [1.82, 2.24) is 20.1 Å². The first-order valence-corrected chi connectivity index (χ1v) is 8.51. The summed E-state index contributed by atoms with van der Waals surface area (Å²) in [6.45, 7) is 3.97. The number of pyridine rings is 1. The van der Waals surface area contributed by atoms with Gasteiger partial charge in [-0.3, -0.25) is 9.88 Å². The van der Waals surface area contributed by atoms with Crippen LogP contribution in [0.4, 0.5) is 9.18 Å². The van der Waals surface area contributed by atoms with Crippen LogP contribution >= 0.6 is 0 Å². The van der Waals surface area contributed by atoms with Crippen LogP contribution in [0.3, 0.4) is 0 Å². The molecule has 1 unspecified atom stereocenters. The molecule has 0 aliphatic carbocycles. The zero-order valence-corrected chi connectivity index (χ0v) is 13.5. The first-order chi connectivity index (χ1) is 11.7. The number of carbonyl (C=O) groups excluding carboxylic acids is 1. The summed E-state index contributed by atoms with van der Waals surface area (Å²) in [6.07, 6.45) is 3.83. The molecular formula is C18H21FN4O. The fraction of sp³-hybridized carbons (Fsp3) is 0.444. The van der Waals surface area contributed by atoms with Gasteiger partial charge in [-0.15, -0.1) is 0 Å². The molecule has 6 heteroatoms. The monoisotopic (exact) mass is 328 g/mol. The summed E-state index contributed by atoms with van der Waals surface area (Å²) in [5.74, 6) is -0.224. The summed E-state index contributed by atoms with van der Waals surface area (Å²) in [7, 11) is 0. The maximum Gasteiger partial charge on any atom is 0.317 e. The number of halogens is 1. The van der Waals surface area contributed by atoms with E-state index in [-0.39, 0.29) is 17.9 Å². The van der Waals surface area contributed by atoms with Crippen molar-refractivity contribution in [3.63, 3.8) is 0 Å². The molecule has 2 aliphatic rings. The van der Waals surface area contributed by atoms with Gasteiger partial charge in [0.2, 0.25) is 0 Å². The molecule has 0 spiro atoms. The quantitative estimate of drug-likeness (QED) is 0.941. The summed E-state index contributed by atoms with van der Waals surface area (Å²) in [5, 5.41) is 3.71. The van der Waals surface area contributed by atoms with E-state index in [1.165, 1.54) is 6.07 Å². The van der Waals surface area contributed by atoms with Gasteiger partial charge in [-0.25, -0.2) is 9.18 Å². The molecule has 2 amide bonds. The highest BCUT2D eigenvalue weighted by Gasteiger charge is 2.31. The van der Waals surface area contributed by atoms with Crippen molar-refractivity contribution in [1.29, 1.82) is 0 Å². The third-order valence-electron chi connectivity index (χ3n) is 4.95. The minimum absolute atomic E-state index is 0.0414. The van der Waals surface area contributed by atoms with Gasteiger partial charge in [0, 0.05) is 43.8 Å². The molecule has 2 aromatic rings. The fourth-order valence-corrected chi connectivity index (χ4v) is 3.85. The normalized spacial score (nSPS) is 22.1. The van der Waals surface area contributed by atoms with Gasteiger partial charge in [-0.05, 0) is 43.1 Å². The van der Waals surface area contributed by atoms with E-state index >= 15 is 0 Å². The summed E-state index contributed by atoms with van der Waals surface area (Å²) < 4.78 is 13.9. The van der Waals surface area contributed by atoms with Gasteiger partial charge >= 0.3 is 6.03 Å². The van der Waals surface area contributed by atoms with E-state index in [0.29, 0.717) is 6.54 Å². The topological polar surface area (TPSA) is 48.5 Å². The number of nitrogens with zero attached hydrogens (tertiary/aromatic N) is 3. The molecule has 1 N–H and O–H groups in total. The number of aromatic nitrogens is 1. The first kappa shape index (κ1) is 15.3. The number of fused-ring (bicyclic) bond motifs is 1. The van der Waals surface area contributed by atoms with Crippen LogP contribution in [0.2, 0.25) is 0 Å². The second-order valence-electron chi connectivity index (χ2n) is 6.60. The van der Waals surface area contributed by atoms with E-state index in [1.54, 1.807) is 12.3 Å². The third-order valence-corrected chi connectivity index (χ3v) is 4.95. The molecule has 24 heavy (non-hydrogen) atoms. The van der Waals surface area contributed by atoms with E-state index in [0.717, 1.165) is 55.5 Å². The lowest BCUT2D eigenvalue weighted by atomic mass is 10.0. The summed E-state index contributed by atoms with van der Waals surface area (Å²) >= 11 is 0. The summed E-state index contributed by atoms with van der Waals surface area (Å²) in [4.78, 5) is 20.6. The van der Waals surface area contributed by atoms with Crippen LogP contribution in [0, 0.1) is 5.82 Å². The average Bonchev–Trinajstić information content (AvgIpc) is 3.01. The second-order valence-corrected chi connectivity index (χ2v) is 6.60. The number of carbonyl (C=O) groups is 1. The zero-order chi connectivity index (χ0) is 16.5. The van der Waals surface area contributed by atoms with E-state index in [9.17, 15) is 9.18 Å². The molecule has 4 rings (SSSR count). The maximum atomic E-state index is 13.9. The maximum absolute atomic E-state index is 13.9. The first-order valence-electron chi connectivity index (χ1n) is 8.51. The Balaban J connectivity index is 1.54. The lowest BCUT2D eigenvalue weighted by Gasteiger charge is -2.37. The molecule has 2 aliphatic heterocycles. The van der Waals surface area contributed by atoms with Gasteiger partial charge < -0.3 is 10.2 Å². The highest BCUT2D eigenvalue weighted by Crippen LogP contribution is 2.23. The van der Waals surface area contributed by atoms with Crippen molar-refractivity contribution < 1.29 is 9.18 Å². The van der Waals surface area contributed by atoms with Gasteiger partial charge in [0.05, 0.1) is 5.52 Å². The highest BCUT2D eigenvalue weighted by molar-refractivity contribution is 5.81. The molecule has 1 atom stereocenters. The molecule has 126 valence electrons. The predicted molar refractivity (Wildman–Crippen MR) is 90.1 cm³/mol. The molecule has 2 saturated heterocycles. The number of amides is 2. The fourth-order valence-electron chi connectivity index (χ4n) is 3.85. The molecule has 1 aromatic heterocycles. The van der Waals surface area contributed by atoms with Crippen LogP contribution < -0.4 is 5.32 Å². The second kappa shape index (κ2) is 6.36. The Morgan fingerprint density at radius 1 is 1.33 bits per heavy atom. The number of hydrogen-bond donors (Lipinski definition) is 1. The third kappa shape index (κ3) is 2.94. The molecular weight excluding hydrogens is 307 g/mol. The lowest BCUT2D eigenvalue weighted by Crippen LogP contribution is -2.48. The van der Waals surface area contributed by atoms with Gasteiger partial charge in [0.15, 0.2) is 0 Å². The Kier molecular flexibility index (Phi) is 4.06. The van der Waals surface area contributed by atoms with Gasteiger partial charge in [0.25, 0.3) is 0 Å². The van der Waals surface area contributed by atoms with Gasteiger partial charge in [0.1, 0.15) is 5.82 Å². The summed E-state index contributed by atoms with van der Waals surface area (Å²) in [6, 6.07) is 7.12. The summed E-state index contributed by atoms with van der Waals surface area (Å²) in [5.41, 5.74) is 1.78. The standard InChI is InChI=1S/C18H21FN4O/c19-15-9-13-3-1-5-20-17(13)14(10-15)11-22-7-2-4-16(12-22)23-8-6-21-18(23)24/h1,3,5,9-10,16H,2,4,6-8,11-12H2,(H,21,24). The van der Waals surface area contributed by atoms with Crippen LogP contribution in [0.25, 0.3) is 10.9 Å². The Morgan fingerprint density at radius 3 is 3.08 bits per heavy atom. The van der Waals surface area contributed by atoms with Crippen molar-refractivity contribution in [2.75, 3.05) is 26.2 Å². The minimum atomic E-state index is -0.224. The van der Waals surface area contributed by atoms with E-state index in [2.05, 4.69) is 15.2 Å². The largest absolute Gasteiger partial charge is 0.336 e. The Morgan fingerprint density at radius 2 is 2.25 bits per heavy atom. The molecule has 0 bridgehead atoms. The molecule has 0 saturated carbocycles. The Bertz CT molecular complexity index is 766. The Hall–Kier alpha value is -2.21. The molecule has 2 fully saturated rings. The molecule has 5 nitrogen and oxygen atoms in total. The molecule has 3 heterocycles. The van der Waals surface area contributed by atoms with Crippen LogP contribution in [0.5, 0.6) is 0 Å². The number of benzene rings is 1. The van der Waals surface area contributed by atoms with Crippen molar-refractivity contribution in [2.45, 2.75) is 25.4 Å². The molecule has 0 radical (unpaired) electrons. The smallest absolute Gasteiger partial charge is 0.317 e. The highest BCUT2D eigenvalue weighted by atomic mass is 19.1.